The first-order valence-corrected chi connectivity index (χ1v) is 9.79. The van der Waals surface area contributed by atoms with E-state index in [0.29, 0.717) is 30.0 Å². The fourth-order valence-electron chi connectivity index (χ4n) is 3.22. The third-order valence-electron chi connectivity index (χ3n) is 4.33. The highest BCUT2D eigenvalue weighted by atomic mass is 32.2. The second-order valence-corrected chi connectivity index (χ2v) is 7.51. The average Bonchev–Trinajstić information content (AvgIpc) is 3.00. The number of carbonyl (C=O) groups is 1. The SMILES string of the molecule is CCCC(=O)N1CCC[C@H]1COc1cccc2c1C(N)=NS(=O)(=O)N2. The van der Waals surface area contributed by atoms with Gasteiger partial charge in [-0.1, -0.05) is 13.0 Å². The molecule has 0 spiro atoms. The van der Waals surface area contributed by atoms with Gasteiger partial charge in [-0.3, -0.25) is 9.52 Å². The molecule has 1 aromatic carbocycles. The molecule has 0 aromatic heterocycles. The Hall–Kier alpha value is -2.29. The van der Waals surface area contributed by atoms with Crippen LogP contribution in [-0.2, 0) is 15.0 Å². The number of anilines is 1. The Morgan fingerprint density at radius 3 is 3.04 bits per heavy atom. The lowest BCUT2D eigenvalue weighted by Gasteiger charge is -2.26. The Bertz CT molecular complexity index is 806. The number of hydrogen-bond donors (Lipinski definition) is 2. The summed E-state index contributed by atoms with van der Waals surface area (Å²) in [5.74, 6) is 0.503. The number of carbonyl (C=O) groups excluding carboxylic acids is 1. The van der Waals surface area contributed by atoms with Crippen LogP contribution in [0.1, 0.15) is 38.2 Å². The van der Waals surface area contributed by atoms with Gasteiger partial charge in [0.25, 0.3) is 0 Å². The third kappa shape index (κ3) is 3.71. The summed E-state index contributed by atoms with van der Waals surface area (Å²) in [6.07, 6.45) is 3.21. The summed E-state index contributed by atoms with van der Waals surface area (Å²) in [5.41, 5.74) is 6.58. The number of ether oxygens (including phenoxy) is 1. The first-order chi connectivity index (χ1) is 11.9. The number of hydrogen-bond acceptors (Lipinski definition) is 5. The molecule has 1 aromatic rings. The van der Waals surface area contributed by atoms with E-state index in [2.05, 4.69) is 9.12 Å². The van der Waals surface area contributed by atoms with Crippen LogP contribution in [-0.4, -0.2) is 44.3 Å². The maximum atomic E-state index is 12.2. The minimum absolute atomic E-state index is 0.0216. The molecule has 1 atom stereocenters. The second kappa shape index (κ2) is 6.91. The van der Waals surface area contributed by atoms with Gasteiger partial charge in [0.05, 0.1) is 17.3 Å². The van der Waals surface area contributed by atoms with E-state index in [1.807, 2.05) is 11.8 Å². The van der Waals surface area contributed by atoms with Crippen molar-refractivity contribution in [3.8, 4) is 5.75 Å². The highest BCUT2D eigenvalue weighted by Crippen LogP contribution is 2.31. The number of nitrogens with two attached hydrogens (primary N) is 1. The van der Waals surface area contributed by atoms with Gasteiger partial charge in [0.15, 0.2) is 5.84 Å². The van der Waals surface area contributed by atoms with Crippen molar-refractivity contribution < 1.29 is 17.9 Å². The van der Waals surface area contributed by atoms with Crippen LogP contribution >= 0.6 is 0 Å². The van der Waals surface area contributed by atoms with E-state index in [4.69, 9.17) is 10.5 Å². The molecule has 3 rings (SSSR count). The molecule has 0 unspecified atom stereocenters. The highest BCUT2D eigenvalue weighted by molar-refractivity contribution is 7.91. The first kappa shape index (κ1) is 17.5. The number of amides is 1. The van der Waals surface area contributed by atoms with Crippen molar-refractivity contribution >= 4 is 27.6 Å². The van der Waals surface area contributed by atoms with Crippen LogP contribution in [0.2, 0.25) is 0 Å². The summed E-state index contributed by atoms with van der Waals surface area (Å²) in [6, 6.07) is 5.03. The number of amidine groups is 1. The molecule has 2 aliphatic heterocycles. The van der Waals surface area contributed by atoms with Gasteiger partial charge in [-0.25, -0.2) is 0 Å². The number of rotatable bonds is 5. The first-order valence-electron chi connectivity index (χ1n) is 8.35. The van der Waals surface area contributed by atoms with E-state index in [9.17, 15) is 13.2 Å². The maximum Gasteiger partial charge on any atom is 0.344 e. The van der Waals surface area contributed by atoms with Gasteiger partial charge in [0, 0.05) is 13.0 Å². The maximum absolute atomic E-state index is 12.2. The summed E-state index contributed by atoms with van der Waals surface area (Å²) in [5, 5.41) is 0. The molecule has 3 N–H and O–H groups in total. The van der Waals surface area contributed by atoms with Crippen molar-refractivity contribution in [2.45, 2.75) is 38.6 Å². The fraction of sp³-hybridized carbons (Fsp3) is 0.500. The molecular weight excluding hydrogens is 344 g/mol. The van der Waals surface area contributed by atoms with E-state index in [1.165, 1.54) is 0 Å². The van der Waals surface area contributed by atoms with Gasteiger partial charge < -0.3 is 15.4 Å². The molecule has 1 fully saturated rings. The van der Waals surface area contributed by atoms with Crippen LogP contribution in [0.5, 0.6) is 5.75 Å². The molecule has 25 heavy (non-hydrogen) atoms. The van der Waals surface area contributed by atoms with Crippen LogP contribution in [0.25, 0.3) is 0 Å². The summed E-state index contributed by atoms with van der Waals surface area (Å²) in [7, 11) is -3.81. The van der Waals surface area contributed by atoms with Crippen molar-refractivity contribution in [2.75, 3.05) is 17.9 Å². The van der Waals surface area contributed by atoms with E-state index in [1.54, 1.807) is 18.2 Å². The summed E-state index contributed by atoms with van der Waals surface area (Å²) < 4.78 is 34.9. The van der Waals surface area contributed by atoms with Crippen molar-refractivity contribution in [1.29, 1.82) is 0 Å². The van der Waals surface area contributed by atoms with E-state index in [-0.39, 0.29) is 17.8 Å². The van der Waals surface area contributed by atoms with Gasteiger partial charge >= 0.3 is 10.2 Å². The van der Waals surface area contributed by atoms with Gasteiger partial charge in [0.1, 0.15) is 12.4 Å². The lowest BCUT2D eigenvalue weighted by Crippen LogP contribution is -2.39. The standard InChI is InChI=1S/C16H22N4O4S/c1-2-5-14(21)20-9-4-6-11(20)10-24-13-8-3-7-12-15(13)16(17)19-25(22,23)18-12/h3,7-8,11,18H,2,4-6,9-10H2,1H3,(H2,17,19)/t11-/m0/s1. The molecule has 1 saturated heterocycles. The Kier molecular flexibility index (Phi) is 4.85. The normalized spacial score (nSPS) is 21.2. The molecule has 9 heteroatoms. The summed E-state index contributed by atoms with van der Waals surface area (Å²) >= 11 is 0. The molecule has 8 nitrogen and oxygen atoms in total. The van der Waals surface area contributed by atoms with Crippen LogP contribution in [0.15, 0.2) is 22.6 Å². The Balaban J connectivity index is 1.76. The smallest absolute Gasteiger partial charge is 0.344 e. The molecule has 0 aliphatic carbocycles. The Labute approximate surface area is 147 Å². The number of nitrogens with one attached hydrogen (secondary N) is 1. The lowest BCUT2D eigenvalue weighted by molar-refractivity contribution is -0.132. The topological polar surface area (TPSA) is 114 Å². The molecular formula is C16H22N4O4S. The number of nitrogens with zero attached hydrogens (tertiary/aromatic N) is 2. The van der Waals surface area contributed by atoms with E-state index >= 15 is 0 Å². The van der Waals surface area contributed by atoms with Crippen molar-refractivity contribution in [3.63, 3.8) is 0 Å². The van der Waals surface area contributed by atoms with Crippen LogP contribution in [0.4, 0.5) is 5.69 Å². The van der Waals surface area contributed by atoms with Gasteiger partial charge in [-0.05, 0) is 31.4 Å². The van der Waals surface area contributed by atoms with Crippen molar-refractivity contribution in [2.24, 2.45) is 10.1 Å². The Morgan fingerprint density at radius 1 is 1.48 bits per heavy atom. The van der Waals surface area contributed by atoms with Crippen LogP contribution in [0, 0.1) is 0 Å². The summed E-state index contributed by atoms with van der Waals surface area (Å²) in [6.45, 7) is 3.08. The van der Waals surface area contributed by atoms with Gasteiger partial charge in [-0.15, -0.1) is 4.40 Å². The third-order valence-corrected chi connectivity index (χ3v) is 5.25. The minimum atomic E-state index is -3.81. The second-order valence-electron chi connectivity index (χ2n) is 6.18. The van der Waals surface area contributed by atoms with Gasteiger partial charge in [-0.2, -0.15) is 8.42 Å². The molecule has 0 radical (unpaired) electrons. The van der Waals surface area contributed by atoms with Crippen molar-refractivity contribution in [3.05, 3.63) is 23.8 Å². The van der Waals surface area contributed by atoms with E-state index < -0.39 is 10.2 Å². The number of benzene rings is 1. The molecule has 2 aliphatic rings. The molecule has 0 saturated carbocycles. The molecule has 1 amide bonds. The zero-order valence-electron chi connectivity index (χ0n) is 14.1. The lowest BCUT2D eigenvalue weighted by atomic mass is 10.1. The molecule has 2 heterocycles. The Morgan fingerprint density at radius 2 is 2.28 bits per heavy atom. The number of likely N-dealkylation sites (tertiary alicyclic amines) is 1. The summed E-state index contributed by atoms with van der Waals surface area (Å²) in [4.78, 5) is 14.1. The highest BCUT2D eigenvalue weighted by Gasteiger charge is 2.30. The zero-order valence-corrected chi connectivity index (χ0v) is 14.9. The van der Waals surface area contributed by atoms with E-state index in [0.717, 1.165) is 25.8 Å². The number of fused-ring (bicyclic) bond motifs is 1. The average molecular weight is 366 g/mol. The van der Waals surface area contributed by atoms with Crippen molar-refractivity contribution in [1.82, 2.24) is 4.90 Å². The predicted molar refractivity (Wildman–Crippen MR) is 94.8 cm³/mol. The van der Waals surface area contributed by atoms with Gasteiger partial charge in [0.2, 0.25) is 5.91 Å². The molecule has 136 valence electrons. The fourth-order valence-corrected chi connectivity index (χ4v) is 4.06. The quantitative estimate of drug-likeness (QED) is 0.813. The zero-order chi connectivity index (χ0) is 18.0. The van der Waals surface area contributed by atoms with Crippen LogP contribution < -0.4 is 15.2 Å². The molecule has 0 bridgehead atoms. The minimum Gasteiger partial charge on any atom is -0.491 e. The predicted octanol–water partition coefficient (Wildman–Crippen LogP) is 1.23. The largest absolute Gasteiger partial charge is 0.491 e. The monoisotopic (exact) mass is 366 g/mol. The van der Waals surface area contributed by atoms with Crippen LogP contribution in [0.3, 0.4) is 0 Å².